The summed E-state index contributed by atoms with van der Waals surface area (Å²) in [6, 6.07) is 26.7. The van der Waals surface area contributed by atoms with Gasteiger partial charge in [0, 0.05) is 35.3 Å². The summed E-state index contributed by atoms with van der Waals surface area (Å²) in [6.45, 7) is 2.06. The predicted octanol–water partition coefficient (Wildman–Crippen LogP) is 5.60. The molecule has 0 spiro atoms. The van der Waals surface area contributed by atoms with Gasteiger partial charge in [-0.25, -0.2) is 4.21 Å². The number of nitrogens with one attached hydrogen (secondary N) is 3. The van der Waals surface area contributed by atoms with Gasteiger partial charge in [0.15, 0.2) is 11.0 Å². The van der Waals surface area contributed by atoms with Gasteiger partial charge in [-0.2, -0.15) is 0 Å². The molecule has 2 atom stereocenters. The highest BCUT2D eigenvalue weighted by molar-refractivity contribution is 7.86. The second-order valence-electron chi connectivity index (χ2n) is 8.41. The molecule has 3 N–H and O–H groups in total. The summed E-state index contributed by atoms with van der Waals surface area (Å²) in [4.78, 5) is 21.7. The lowest BCUT2D eigenvalue weighted by atomic mass is 10.1. The van der Waals surface area contributed by atoms with E-state index >= 15 is 0 Å². The van der Waals surface area contributed by atoms with Gasteiger partial charge in [0.05, 0.1) is 21.7 Å². The summed E-state index contributed by atoms with van der Waals surface area (Å²) in [6.07, 6.45) is 3.16. The summed E-state index contributed by atoms with van der Waals surface area (Å²) < 4.78 is 16.3. The molecule has 2 unspecified atom stereocenters. The normalized spacial score (nSPS) is 12.9. The van der Waals surface area contributed by atoms with Crippen LogP contribution in [0, 0.1) is 0 Å². The first kappa shape index (κ1) is 22.8. The fraction of sp³-hybridized carbons (Fsp3) is 0.143. The van der Waals surface area contributed by atoms with Crippen molar-refractivity contribution in [3.05, 3.63) is 102 Å². The quantitative estimate of drug-likeness (QED) is 0.269. The average molecular weight is 483 g/mol. The van der Waals surface area contributed by atoms with Crippen molar-refractivity contribution in [2.75, 3.05) is 4.72 Å². The number of hydrogen-bond donors (Lipinski definition) is 3. The van der Waals surface area contributed by atoms with E-state index in [1.165, 1.54) is 0 Å². The molecule has 0 aliphatic carbocycles. The highest BCUT2D eigenvalue weighted by atomic mass is 32.2. The molecular formula is C28H26N4O2S. The second-order valence-corrected chi connectivity index (χ2v) is 9.59. The van der Waals surface area contributed by atoms with E-state index < -0.39 is 11.0 Å². The Morgan fingerprint density at radius 1 is 0.971 bits per heavy atom. The van der Waals surface area contributed by atoms with Crippen molar-refractivity contribution in [2.24, 2.45) is 0 Å². The Bertz CT molecular complexity index is 1490. The van der Waals surface area contributed by atoms with Crippen molar-refractivity contribution >= 4 is 44.4 Å². The Balaban J connectivity index is 1.33. The molecule has 0 aliphatic heterocycles. The molecule has 0 fully saturated rings. The van der Waals surface area contributed by atoms with Gasteiger partial charge in [0.2, 0.25) is 0 Å². The monoisotopic (exact) mass is 482 g/mol. The van der Waals surface area contributed by atoms with Crippen LogP contribution >= 0.6 is 0 Å². The van der Waals surface area contributed by atoms with E-state index in [1.54, 1.807) is 30.5 Å². The molecule has 0 saturated heterocycles. The van der Waals surface area contributed by atoms with Crippen LogP contribution < -0.4 is 10.0 Å². The van der Waals surface area contributed by atoms with Crippen LogP contribution in [-0.4, -0.2) is 26.1 Å². The topological polar surface area (TPSA) is 86.9 Å². The summed E-state index contributed by atoms with van der Waals surface area (Å²) in [5, 5.41) is 5.22. The molecule has 1 amide bonds. The molecule has 0 radical (unpaired) electrons. The average Bonchev–Trinajstić information content (AvgIpc) is 3.30. The molecule has 5 rings (SSSR count). The Morgan fingerprint density at radius 2 is 1.74 bits per heavy atom. The Morgan fingerprint density at radius 3 is 2.60 bits per heavy atom. The van der Waals surface area contributed by atoms with Crippen molar-refractivity contribution in [3.8, 4) is 0 Å². The van der Waals surface area contributed by atoms with Crippen LogP contribution in [0.3, 0.4) is 0 Å². The first-order valence-corrected chi connectivity index (χ1v) is 12.8. The van der Waals surface area contributed by atoms with Gasteiger partial charge in [-0.05, 0) is 48.2 Å². The number of carbonyl (C=O) groups excluding carboxylic acids is 1. The zero-order valence-electron chi connectivity index (χ0n) is 19.3. The van der Waals surface area contributed by atoms with Crippen LogP contribution in [-0.2, 0) is 17.4 Å². The largest absolute Gasteiger partial charge is 0.358 e. The number of anilines is 1. The maximum Gasteiger partial charge on any atom is 0.253 e. The lowest BCUT2D eigenvalue weighted by molar-refractivity contribution is 0.0936. The number of hydrogen-bond acceptors (Lipinski definition) is 3. The fourth-order valence-electron chi connectivity index (χ4n) is 4.22. The first-order chi connectivity index (χ1) is 17.1. The molecule has 6 nitrogen and oxygen atoms in total. The van der Waals surface area contributed by atoms with E-state index in [1.807, 2.05) is 48.5 Å². The molecular weight excluding hydrogens is 456 g/mol. The van der Waals surface area contributed by atoms with Crippen molar-refractivity contribution in [3.63, 3.8) is 0 Å². The van der Waals surface area contributed by atoms with Gasteiger partial charge < -0.3 is 15.0 Å². The number of benzene rings is 3. The number of H-pyrrole nitrogens is 1. The molecule has 176 valence electrons. The summed E-state index contributed by atoms with van der Waals surface area (Å²) in [5.74, 6) is -0.205. The van der Waals surface area contributed by atoms with E-state index in [0.29, 0.717) is 28.1 Å². The third-order valence-corrected chi connectivity index (χ3v) is 7.18. The van der Waals surface area contributed by atoms with Gasteiger partial charge in [-0.1, -0.05) is 55.5 Å². The first-order valence-electron chi connectivity index (χ1n) is 11.6. The zero-order valence-corrected chi connectivity index (χ0v) is 20.1. The van der Waals surface area contributed by atoms with Gasteiger partial charge in [-0.3, -0.25) is 9.78 Å². The Labute approximate surface area is 206 Å². The van der Waals surface area contributed by atoms with E-state index in [4.69, 9.17) is 0 Å². The fourth-order valence-corrected chi connectivity index (χ4v) is 5.26. The number of pyridine rings is 1. The van der Waals surface area contributed by atoms with Crippen LogP contribution in [0.1, 0.15) is 29.4 Å². The molecule has 3 aromatic carbocycles. The van der Waals surface area contributed by atoms with Crippen molar-refractivity contribution in [1.82, 2.24) is 15.3 Å². The zero-order chi connectivity index (χ0) is 24.2. The molecule has 35 heavy (non-hydrogen) atoms. The summed E-state index contributed by atoms with van der Waals surface area (Å²) >= 11 is 0. The van der Waals surface area contributed by atoms with Crippen LogP contribution in [0.2, 0.25) is 0 Å². The van der Waals surface area contributed by atoms with Gasteiger partial charge in [-0.15, -0.1) is 0 Å². The standard InChI is InChI=1S/C28H26N4O2S/c1-2-21(18-22-17-20-9-3-5-13-24(20)30-22)31-28(33)23-12-4-6-14-25(23)32-35(34)26-15-7-10-19-11-8-16-29-27(19)26/h3-17,21,30,32H,2,18H2,1H3,(H,31,33). The van der Waals surface area contributed by atoms with E-state index in [0.717, 1.165) is 28.4 Å². The Hall–Kier alpha value is -3.97. The minimum absolute atomic E-state index is 0.0450. The van der Waals surface area contributed by atoms with Crippen LogP contribution in [0.15, 0.2) is 96.0 Å². The maximum absolute atomic E-state index is 13.3. The molecule has 2 aromatic heterocycles. The van der Waals surface area contributed by atoms with E-state index in [-0.39, 0.29) is 11.9 Å². The molecule has 0 bridgehead atoms. The van der Waals surface area contributed by atoms with Crippen LogP contribution in [0.5, 0.6) is 0 Å². The van der Waals surface area contributed by atoms with Gasteiger partial charge in [0.25, 0.3) is 5.91 Å². The van der Waals surface area contributed by atoms with Gasteiger partial charge >= 0.3 is 0 Å². The number of para-hydroxylation sites is 3. The number of aromatic amines is 1. The Kier molecular flexibility index (Phi) is 6.59. The second kappa shape index (κ2) is 10.1. The molecule has 0 aliphatic rings. The number of aromatic nitrogens is 2. The minimum Gasteiger partial charge on any atom is -0.358 e. The van der Waals surface area contributed by atoms with Crippen molar-refractivity contribution in [1.29, 1.82) is 0 Å². The van der Waals surface area contributed by atoms with E-state index in [2.05, 4.69) is 39.1 Å². The maximum atomic E-state index is 13.3. The predicted molar refractivity (Wildman–Crippen MR) is 142 cm³/mol. The van der Waals surface area contributed by atoms with Crippen molar-refractivity contribution < 1.29 is 9.00 Å². The highest BCUT2D eigenvalue weighted by Gasteiger charge is 2.18. The van der Waals surface area contributed by atoms with Gasteiger partial charge in [0.1, 0.15) is 0 Å². The van der Waals surface area contributed by atoms with Crippen LogP contribution in [0.4, 0.5) is 5.69 Å². The summed E-state index contributed by atoms with van der Waals surface area (Å²) in [7, 11) is -1.59. The SMILES string of the molecule is CCC(Cc1cc2ccccc2[nH]1)NC(=O)c1ccccc1NS(=O)c1cccc2cccnc12. The number of nitrogens with zero attached hydrogens (tertiary/aromatic N) is 1. The lowest BCUT2D eigenvalue weighted by Gasteiger charge is -2.18. The number of fused-ring (bicyclic) bond motifs is 2. The number of amides is 1. The van der Waals surface area contributed by atoms with Crippen LogP contribution in [0.25, 0.3) is 21.8 Å². The smallest absolute Gasteiger partial charge is 0.253 e. The molecule has 2 heterocycles. The van der Waals surface area contributed by atoms with Crippen molar-refractivity contribution in [2.45, 2.75) is 30.7 Å². The third kappa shape index (κ3) is 4.95. The number of rotatable bonds is 8. The third-order valence-electron chi connectivity index (χ3n) is 6.05. The molecule has 5 aromatic rings. The lowest BCUT2D eigenvalue weighted by Crippen LogP contribution is -2.36. The minimum atomic E-state index is -1.59. The highest BCUT2D eigenvalue weighted by Crippen LogP contribution is 2.23. The van der Waals surface area contributed by atoms with E-state index in [9.17, 15) is 9.00 Å². The number of carbonyl (C=O) groups is 1. The molecule has 7 heteroatoms. The summed E-state index contributed by atoms with van der Waals surface area (Å²) in [5.41, 5.74) is 3.80. The molecule has 0 saturated carbocycles.